The monoisotopic (exact) mass is 363 g/mol. The molecule has 1 unspecified atom stereocenters. The van der Waals surface area contributed by atoms with Crippen LogP contribution in [0.3, 0.4) is 0 Å². The lowest BCUT2D eigenvalue weighted by Crippen LogP contribution is -2.52. The van der Waals surface area contributed by atoms with Gasteiger partial charge in [0.2, 0.25) is 5.96 Å². The van der Waals surface area contributed by atoms with Crippen molar-refractivity contribution in [2.45, 2.75) is 64.1 Å². The second-order valence-corrected chi connectivity index (χ2v) is 8.06. The predicted octanol–water partition coefficient (Wildman–Crippen LogP) is 3.98. The van der Waals surface area contributed by atoms with Crippen molar-refractivity contribution in [3.8, 4) is 6.19 Å². The molecular weight excluding hydrogens is 338 g/mol. The van der Waals surface area contributed by atoms with Gasteiger partial charge in [0.25, 0.3) is 0 Å². The molecule has 2 rings (SSSR count). The van der Waals surface area contributed by atoms with Gasteiger partial charge < -0.3 is 10.5 Å². The maximum absolute atomic E-state index is 10.6. The summed E-state index contributed by atoms with van der Waals surface area (Å²) >= 11 is 6.17. The normalized spacial score (nSPS) is 23.4. The zero-order valence-electron chi connectivity index (χ0n) is 15.2. The highest BCUT2D eigenvalue weighted by Gasteiger charge is 2.41. The predicted molar refractivity (Wildman–Crippen MR) is 101 cm³/mol. The van der Waals surface area contributed by atoms with Crippen LogP contribution in [0.2, 0.25) is 5.02 Å². The number of nitrogens with zero attached hydrogens (tertiary/aromatic N) is 3. The second-order valence-electron chi connectivity index (χ2n) is 7.65. The van der Waals surface area contributed by atoms with Crippen LogP contribution in [0.25, 0.3) is 0 Å². The van der Waals surface area contributed by atoms with Crippen LogP contribution in [0, 0.1) is 11.5 Å². The molecule has 1 atom stereocenters. The standard InChI is InChI=1S/C18H26ClN5O/c1-17(2)10-9-13(11-18(3,4)24(17)25)22-16(21-12-20)23-15-8-6-5-7-14(15)19/h5-8,13,25H,9-11H2,1-4H3,(H2,21,22,23). The third-order valence-corrected chi connectivity index (χ3v) is 4.91. The van der Waals surface area contributed by atoms with Crippen molar-refractivity contribution >= 4 is 23.2 Å². The number of nitriles is 1. The molecule has 0 aromatic heterocycles. The Morgan fingerprint density at radius 2 is 2.00 bits per heavy atom. The lowest BCUT2D eigenvalue weighted by atomic mass is 9.94. The zero-order chi connectivity index (χ0) is 18.7. The molecule has 1 aromatic rings. The summed E-state index contributed by atoms with van der Waals surface area (Å²) in [6.45, 7) is 8.05. The number of hydroxylamine groups is 2. The van der Waals surface area contributed by atoms with E-state index in [2.05, 4.69) is 10.6 Å². The largest absolute Gasteiger partial charge is 0.324 e. The van der Waals surface area contributed by atoms with Gasteiger partial charge in [0.05, 0.1) is 16.8 Å². The quantitative estimate of drug-likeness (QED) is 0.320. The van der Waals surface area contributed by atoms with Crippen molar-refractivity contribution < 1.29 is 5.21 Å². The molecule has 1 aromatic carbocycles. The van der Waals surface area contributed by atoms with Crippen LogP contribution >= 0.6 is 11.6 Å². The van der Waals surface area contributed by atoms with E-state index in [-0.39, 0.29) is 11.6 Å². The van der Waals surface area contributed by atoms with E-state index in [0.29, 0.717) is 23.1 Å². The van der Waals surface area contributed by atoms with Crippen molar-refractivity contribution in [2.24, 2.45) is 4.99 Å². The Balaban J connectivity index is 2.24. The first kappa shape index (κ1) is 19.5. The fraction of sp³-hybridized carbons (Fsp3) is 0.556. The number of hydrogen-bond acceptors (Lipinski definition) is 4. The Morgan fingerprint density at radius 1 is 1.32 bits per heavy atom. The molecule has 1 saturated heterocycles. The molecule has 0 spiro atoms. The third kappa shape index (κ3) is 4.85. The van der Waals surface area contributed by atoms with Crippen molar-refractivity contribution in [1.82, 2.24) is 10.4 Å². The molecule has 1 heterocycles. The molecule has 25 heavy (non-hydrogen) atoms. The minimum Gasteiger partial charge on any atom is -0.324 e. The third-order valence-electron chi connectivity index (χ3n) is 4.58. The maximum atomic E-state index is 10.6. The fourth-order valence-electron chi connectivity index (χ4n) is 3.34. The van der Waals surface area contributed by atoms with E-state index >= 15 is 0 Å². The lowest BCUT2D eigenvalue weighted by molar-refractivity contribution is -0.221. The van der Waals surface area contributed by atoms with E-state index in [0.717, 1.165) is 12.8 Å². The number of aliphatic imine (C=N–C) groups is 1. The summed E-state index contributed by atoms with van der Waals surface area (Å²) in [5, 5.41) is 27.3. The lowest BCUT2D eigenvalue weighted by Gasteiger charge is -2.42. The molecule has 1 fully saturated rings. The van der Waals surface area contributed by atoms with E-state index < -0.39 is 5.54 Å². The van der Waals surface area contributed by atoms with Crippen LogP contribution in [-0.2, 0) is 0 Å². The smallest absolute Gasteiger partial charge is 0.209 e. The fourth-order valence-corrected chi connectivity index (χ4v) is 3.52. The summed E-state index contributed by atoms with van der Waals surface area (Å²) in [5.74, 6) is 0.362. The number of benzene rings is 1. The highest BCUT2D eigenvalue weighted by Crippen LogP contribution is 2.36. The van der Waals surface area contributed by atoms with Crippen LogP contribution < -0.4 is 10.6 Å². The summed E-state index contributed by atoms with van der Waals surface area (Å²) in [4.78, 5) is 4.69. The van der Waals surface area contributed by atoms with Crippen LogP contribution in [-0.4, -0.2) is 33.3 Å². The molecule has 136 valence electrons. The van der Waals surface area contributed by atoms with E-state index in [1.54, 1.807) is 6.07 Å². The average molecular weight is 364 g/mol. The van der Waals surface area contributed by atoms with Gasteiger partial charge in [-0.15, -0.1) is 0 Å². The minimum atomic E-state index is -0.420. The summed E-state index contributed by atoms with van der Waals surface area (Å²) in [6, 6.07) is 7.27. The number of halogens is 1. The van der Waals surface area contributed by atoms with Crippen LogP contribution in [0.5, 0.6) is 0 Å². The Labute approximate surface area is 154 Å². The summed E-state index contributed by atoms with van der Waals surface area (Å²) in [5.41, 5.74) is -0.0639. The molecule has 0 bridgehead atoms. The Morgan fingerprint density at radius 3 is 2.64 bits per heavy atom. The first-order valence-electron chi connectivity index (χ1n) is 8.39. The number of nitrogens with one attached hydrogen (secondary N) is 2. The van der Waals surface area contributed by atoms with E-state index in [4.69, 9.17) is 21.9 Å². The van der Waals surface area contributed by atoms with Gasteiger partial charge in [0.1, 0.15) is 0 Å². The molecule has 0 aliphatic carbocycles. The molecule has 7 heteroatoms. The number of para-hydroxylation sites is 1. The van der Waals surface area contributed by atoms with Gasteiger partial charge in [-0.25, -0.2) is 4.99 Å². The average Bonchev–Trinajstić information content (AvgIpc) is 2.60. The van der Waals surface area contributed by atoms with Gasteiger partial charge in [-0.1, -0.05) is 23.7 Å². The van der Waals surface area contributed by atoms with Crippen molar-refractivity contribution in [3.05, 3.63) is 29.3 Å². The molecule has 0 saturated carbocycles. The van der Waals surface area contributed by atoms with Gasteiger partial charge >= 0.3 is 0 Å². The summed E-state index contributed by atoms with van der Waals surface area (Å²) in [6.07, 6.45) is 4.20. The van der Waals surface area contributed by atoms with Gasteiger partial charge in [-0.3, -0.25) is 5.32 Å². The number of guanidine groups is 1. The highest BCUT2D eigenvalue weighted by atomic mass is 35.5. The number of rotatable bonds is 2. The van der Waals surface area contributed by atoms with E-state index in [1.165, 1.54) is 5.06 Å². The molecule has 1 aliphatic rings. The van der Waals surface area contributed by atoms with Gasteiger partial charge in [-0.2, -0.15) is 10.3 Å². The topological polar surface area (TPSA) is 83.7 Å². The summed E-state index contributed by atoms with van der Waals surface area (Å²) in [7, 11) is 0. The summed E-state index contributed by atoms with van der Waals surface area (Å²) < 4.78 is 0. The van der Waals surface area contributed by atoms with Crippen LogP contribution in [0.15, 0.2) is 29.3 Å². The van der Waals surface area contributed by atoms with Crippen molar-refractivity contribution in [2.75, 3.05) is 5.32 Å². The van der Waals surface area contributed by atoms with Crippen LogP contribution in [0.1, 0.15) is 47.0 Å². The Kier molecular flexibility index (Phi) is 5.94. The zero-order valence-corrected chi connectivity index (χ0v) is 15.9. The minimum absolute atomic E-state index is 0.0303. The second kappa shape index (κ2) is 7.61. The first-order chi connectivity index (χ1) is 11.7. The van der Waals surface area contributed by atoms with Gasteiger partial charge in [-0.05, 0) is 59.1 Å². The molecular formula is C18H26ClN5O. The first-order valence-corrected chi connectivity index (χ1v) is 8.77. The van der Waals surface area contributed by atoms with Crippen molar-refractivity contribution in [1.29, 1.82) is 5.26 Å². The number of anilines is 1. The molecule has 1 aliphatic heterocycles. The van der Waals surface area contributed by atoms with Gasteiger partial charge in [0.15, 0.2) is 6.19 Å². The van der Waals surface area contributed by atoms with E-state index in [1.807, 2.05) is 52.1 Å². The highest BCUT2D eigenvalue weighted by molar-refractivity contribution is 6.33. The molecule has 0 radical (unpaired) electrons. The molecule has 6 nitrogen and oxygen atoms in total. The van der Waals surface area contributed by atoms with Gasteiger partial charge in [0, 0.05) is 11.1 Å². The van der Waals surface area contributed by atoms with E-state index in [9.17, 15) is 5.21 Å². The van der Waals surface area contributed by atoms with Crippen LogP contribution in [0.4, 0.5) is 5.69 Å². The molecule has 3 N–H and O–H groups in total. The maximum Gasteiger partial charge on any atom is 0.209 e. The number of hydrogen-bond donors (Lipinski definition) is 3. The molecule has 0 amide bonds. The Hall–Kier alpha value is -1.81. The Bertz CT molecular complexity index is 680. The SMILES string of the molecule is CC1(C)CCC(N=C(NC#N)Nc2ccccc2Cl)CC(C)(C)N1O. The van der Waals surface area contributed by atoms with Crippen molar-refractivity contribution in [3.63, 3.8) is 0 Å².